The Morgan fingerprint density at radius 2 is 0.900 bits per heavy atom. The molecule has 0 bridgehead atoms. The number of furan rings is 2. The molecular weight excluding hydrogens is 613 g/mol. The molecule has 4 heteroatoms. The maximum Gasteiger partial charge on any atom is 0.160 e. The van der Waals surface area contributed by atoms with Gasteiger partial charge in [0.2, 0.25) is 0 Å². The second kappa shape index (κ2) is 11.4. The molecule has 0 unspecified atom stereocenters. The van der Waals surface area contributed by atoms with Crippen LogP contribution in [0.4, 0.5) is 0 Å². The summed E-state index contributed by atoms with van der Waals surface area (Å²) in [5.41, 5.74) is 12.2. The molecule has 234 valence electrons. The molecule has 4 nitrogen and oxygen atoms in total. The van der Waals surface area contributed by atoms with Crippen LogP contribution in [-0.4, -0.2) is 9.97 Å². The van der Waals surface area contributed by atoms with Crippen LogP contribution in [0.25, 0.3) is 100 Å². The second-order valence-corrected chi connectivity index (χ2v) is 12.5. The molecule has 7 aromatic carbocycles. The van der Waals surface area contributed by atoms with E-state index in [1.165, 1.54) is 5.56 Å². The predicted octanol–water partition coefficient (Wildman–Crippen LogP) is 12.6. The van der Waals surface area contributed by atoms with Crippen LogP contribution in [0.1, 0.15) is 0 Å². The first-order valence-corrected chi connectivity index (χ1v) is 16.7. The van der Waals surface area contributed by atoms with E-state index >= 15 is 0 Å². The Bertz CT molecular complexity index is 2850. The van der Waals surface area contributed by atoms with Crippen molar-refractivity contribution in [1.29, 1.82) is 0 Å². The molecule has 0 N–H and O–H groups in total. The molecule has 10 aromatic rings. The lowest BCUT2D eigenvalue weighted by Crippen LogP contribution is -1.96. The molecule has 0 amide bonds. The summed E-state index contributed by atoms with van der Waals surface area (Å²) in [4.78, 5) is 10.3. The summed E-state index contributed by atoms with van der Waals surface area (Å²) in [6.45, 7) is 0. The average molecular weight is 641 g/mol. The number of nitrogens with zero attached hydrogens (tertiary/aromatic N) is 2. The van der Waals surface area contributed by atoms with Crippen LogP contribution in [0.2, 0.25) is 0 Å². The topological polar surface area (TPSA) is 52.1 Å². The van der Waals surface area contributed by atoms with Crippen molar-refractivity contribution in [3.05, 3.63) is 170 Å². The van der Waals surface area contributed by atoms with Gasteiger partial charge in [0.05, 0.1) is 11.4 Å². The summed E-state index contributed by atoms with van der Waals surface area (Å²) < 4.78 is 13.2. The average Bonchev–Trinajstić information content (AvgIpc) is 3.78. The van der Waals surface area contributed by atoms with Crippen LogP contribution in [0.15, 0.2) is 179 Å². The van der Waals surface area contributed by atoms with E-state index in [-0.39, 0.29) is 0 Å². The Morgan fingerprint density at radius 3 is 1.68 bits per heavy atom. The molecule has 0 saturated heterocycles. The highest BCUT2D eigenvalue weighted by atomic mass is 16.3. The van der Waals surface area contributed by atoms with Crippen molar-refractivity contribution < 1.29 is 8.83 Å². The van der Waals surface area contributed by atoms with E-state index in [0.717, 1.165) is 88.6 Å². The van der Waals surface area contributed by atoms with Crippen LogP contribution in [0.5, 0.6) is 0 Å². The standard InChI is InChI=1S/C46H28N2O2/c1-3-12-29(13-4-1)30-22-24-31(25-23-30)39-28-40(48-46(47-39)32-14-5-2-6-15-32)37-27-26-34(43-38-17-8-10-21-42(38)50-45(37)43)36-19-11-18-35-33-16-7-9-20-41(33)49-44(35)36/h1-28H. The highest BCUT2D eigenvalue weighted by molar-refractivity contribution is 6.19. The van der Waals surface area contributed by atoms with Crippen molar-refractivity contribution in [2.24, 2.45) is 0 Å². The van der Waals surface area contributed by atoms with Gasteiger partial charge in [-0.15, -0.1) is 0 Å². The van der Waals surface area contributed by atoms with E-state index in [1.807, 2.05) is 48.5 Å². The van der Waals surface area contributed by atoms with Gasteiger partial charge >= 0.3 is 0 Å². The Morgan fingerprint density at radius 1 is 0.340 bits per heavy atom. The zero-order valence-corrected chi connectivity index (χ0v) is 26.9. The fourth-order valence-electron chi connectivity index (χ4n) is 7.13. The van der Waals surface area contributed by atoms with Gasteiger partial charge in [0.25, 0.3) is 0 Å². The maximum absolute atomic E-state index is 6.74. The van der Waals surface area contributed by atoms with Crippen LogP contribution in [-0.2, 0) is 0 Å². The Kier molecular flexibility index (Phi) is 6.46. The summed E-state index contributed by atoms with van der Waals surface area (Å²) in [6.07, 6.45) is 0. The van der Waals surface area contributed by atoms with E-state index in [9.17, 15) is 0 Å². The van der Waals surface area contributed by atoms with Crippen LogP contribution in [0.3, 0.4) is 0 Å². The van der Waals surface area contributed by atoms with Crippen molar-refractivity contribution >= 4 is 43.9 Å². The molecule has 10 rings (SSSR count). The molecule has 50 heavy (non-hydrogen) atoms. The van der Waals surface area contributed by atoms with Gasteiger partial charge in [-0.2, -0.15) is 0 Å². The summed E-state index contributed by atoms with van der Waals surface area (Å²) in [6, 6.07) is 58.3. The molecule has 0 saturated carbocycles. The summed E-state index contributed by atoms with van der Waals surface area (Å²) in [7, 11) is 0. The van der Waals surface area contributed by atoms with Crippen molar-refractivity contribution in [1.82, 2.24) is 9.97 Å². The van der Waals surface area contributed by atoms with E-state index < -0.39 is 0 Å². The first-order valence-electron chi connectivity index (χ1n) is 16.7. The van der Waals surface area contributed by atoms with Gasteiger partial charge in [0.15, 0.2) is 5.82 Å². The lowest BCUT2D eigenvalue weighted by Gasteiger charge is -2.12. The Balaban J connectivity index is 1.20. The Hall–Kier alpha value is -6.78. The van der Waals surface area contributed by atoms with E-state index in [1.54, 1.807) is 0 Å². The van der Waals surface area contributed by atoms with Gasteiger partial charge in [-0.3, -0.25) is 0 Å². The van der Waals surface area contributed by atoms with Crippen LogP contribution >= 0.6 is 0 Å². The molecule has 0 aliphatic rings. The van der Waals surface area contributed by atoms with Crippen LogP contribution < -0.4 is 0 Å². The molecule has 0 fully saturated rings. The van der Waals surface area contributed by atoms with Crippen molar-refractivity contribution in [3.63, 3.8) is 0 Å². The minimum atomic E-state index is 0.658. The molecule has 0 aliphatic carbocycles. The van der Waals surface area contributed by atoms with Gasteiger partial charge < -0.3 is 8.83 Å². The first-order chi connectivity index (χ1) is 24.8. The normalized spacial score (nSPS) is 11.6. The van der Waals surface area contributed by atoms with E-state index in [0.29, 0.717) is 5.82 Å². The highest BCUT2D eigenvalue weighted by Gasteiger charge is 2.22. The number of hydrogen-bond acceptors (Lipinski definition) is 4. The van der Waals surface area contributed by atoms with Gasteiger partial charge in [-0.25, -0.2) is 9.97 Å². The zero-order chi connectivity index (χ0) is 33.0. The Labute approximate surface area is 287 Å². The first kappa shape index (κ1) is 28.3. The fourth-order valence-corrected chi connectivity index (χ4v) is 7.13. The summed E-state index contributed by atoms with van der Waals surface area (Å²) in [5, 5.41) is 4.27. The van der Waals surface area contributed by atoms with Gasteiger partial charge in [-0.1, -0.05) is 146 Å². The van der Waals surface area contributed by atoms with Gasteiger partial charge in [-0.05, 0) is 41.0 Å². The van der Waals surface area contributed by atoms with Crippen molar-refractivity contribution in [3.8, 4) is 56.2 Å². The number of para-hydroxylation sites is 3. The highest BCUT2D eigenvalue weighted by Crippen LogP contribution is 2.45. The molecule has 0 spiro atoms. The predicted molar refractivity (Wildman–Crippen MR) is 204 cm³/mol. The molecule has 0 aliphatic heterocycles. The molecule has 0 atom stereocenters. The molecule has 0 radical (unpaired) electrons. The quantitative estimate of drug-likeness (QED) is 0.188. The van der Waals surface area contributed by atoms with Crippen molar-refractivity contribution in [2.45, 2.75) is 0 Å². The SMILES string of the molecule is c1ccc(-c2ccc(-c3cc(-c4ccc(-c5cccc6c5oc5ccccc56)c5c4oc4ccccc45)nc(-c4ccccc4)n3)cc2)cc1. The zero-order valence-electron chi connectivity index (χ0n) is 26.9. The minimum Gasteiger partial charge on any atom is -0.455 e. The number of fused-ring (bicyclic) bond motifs is 6. The maximum atomic E-state index is 6.74. The van der Waals surface area contributed by atoms with Gasteiger partial charge in [0.1, 0.15) is 22.3 Å². The minimum absolute atomic E-state index is 0.658. The van der Waals surface area contributed by atoms with Gasteiger partial charge in [0, 0.05) is 43.8 Å². The van der Waals surface area contributed by atoms with Crippen LogP contribution in [0, 0.1) is 0 Å². The smallest absolute Gasteiger partial charge is 0.160 e. The molecule has 3 aromatic heterocycles. The monoisotopic (exact) mass is 640 g/mol. The fraction of sp³-hybridized carbons (Fsp3) is 0. The third-order valence-corrected chi connectivity index (χ3v) is 9.54. The lowest BCUT2D eigenvalue weighted by atomic mass is 9.94. The number of aromatic nitrogens is 2. The number of rotatable bonds is 5. The molecule has 3 heterocycles. The number of hydrogen-bond donors (Lipinski definition) is 0. The molecular formula is C46H28N2O2. The largest absolute Gasteiger partial charge is 0.455 e. The second-order valence-electron chi connectivity index (χ2n) is 12.5. The third kappa shape index (κ3) is 4.61. The number of benzene rings is 7. The summed E-state index contributed by atoms with van der Waals surface area (Å²) in [5.74, 6) is 0.658. The van der Waals surface area contributed by atoms with Crippen molar-refractivity contribution in [2.75, 3.05) is 0 Å². The lowest BCUT2D eigenvalue weighted by molar-refractivity contribution is 0.669. The summed E-state index contributed by atoms with van der Waals surface area (Å²) >= 11 is 0. The van der Waals surface area contributed by atoms with E-state index in [2.05, 4.69) is 121 Å². The van der Waals surface area contributed by atoms with E-state index in [4.69, 9.17) is 18.8 Å². The third-order valence-electron chi connectivity index (χ3n) is 9.54.